The number of halogens is 4. The second-order valence-electron chi connectivity index (χ2n) is 18.1. The number of nitrogens with zero attached hydrogens (tertiary/aromatic N) is 9. The van der Waals surface area contributed by atoms with E-state index in [2.05, 4.69) is 168 Å². The van der Waals surface area contributed by atoms with Gasteiger partial charge < -0.3 is 52.8 Å². The smallest absolute Gasteiger partial charge is 0.253 e. The SMILES string of the molecule is BrCCCCCBr.C1CCOC1.Cc1n(CCCCCn2c(C)[n+](C)c3ccccc32)c2ccccc2[n+]1C.Cc1nc2ccccc2[nH]1.Cc1nc2ccccc2n1C.Cc1nc2ccccc2n1C.[Br-].[Br-].[HH]. The monoisotopic (exact) mass is 1250 g/mol. The lowest BCUT2D eigenvalue weighted by molar-refractivity contribution is -0.652. The van der Waals surface area contributed by atoms with Crippen molar-refractivity contribution in [2.24, 2.45) is 28.2 Å². The van der Waals surface area contributed by atoms with Gasteiger partial charge in [-0.25, -0.2) is 33.2 Å². The molecule has 1 saturated heterocycles. The largest absolute Gasteiger partial charge is 1.00 e. The molecule has 0 unspecified atom stereocenters. The second kappa shape index (κ2) is 31.3. The normalized spacial score (nSPS) is 11.5. The van der Waals surface area contributed by atoms with Crippen LogP contribution in [0.4, 0.5) is 0 Å². The fraction of sp³-hybridized carbons (Fsp3) is 0.397. The van der Waals surface area contributed by atoms with E-state index in [1.165, 1.54) is 96.1 Å². The highest BCUT2D eigenvalue weighted by atomic mass is 79.9. The first-order chi connectivity index (χ1) is 34.4. The molecule has 11 rings (SSSR count). The predicted molar refractivity (Wildman–Crippen MR) is 305 cm³/mol. The third-order valence-corrected chi connectivity index (χ3v) is 14.3. The highest BCUT2D eigenvalue weighted by Crippen LogP contribution is 2.18. The fourth-order valence-corrected chi connectivity index (χ4v) is 9.57. The summed E-state index contributed by atoms with van der Waals surface area (Å²) < 4.78 is 18.7. The lowest BCUT2D eigenvalue weighted by atomic mass is 10.2. The van der Waals surface area contributed by atoms with Gasteiger partial charge in [-0.05, 0) is 126 Å². The summed E-state index contributed by atoms with van der Waals surface area (Å²) in [5.41, 5.74) is 12.0. The Hall–Kier alpha value is -4.67. The molecule has 5 aromatic carbocycles. The topological polar surface area (TPSA) is 91.2 Å². The van der Waals surface area contributed by atoms with Crippen molar-refractivity contribution in [2.45, 2.75) is 99.1 Å². The molecule has 11 nitrogen and oxygen atoms in total. The van der Waals surface area contributed by atoms with Crippen molar-refractivity contribution in [3.8, 4) is 0 Å². The molecule has 0 bridgehead atoms. The van der Waals surface area contributed by atoms with Crippen molar-refractivity contribution in [3.63, 3.8) is 0 Å². The molecule has 15 heteroatoms. The maximum Gasteiger partial charge on any atom is 0.253 e. The van der Waals surface area contributed by atoms with Gasteiger partial charge in [0.15, 0.2) is 22.1 Å². The van der Waals surface area contributed by atoms with E-state index in [4.69, 9.17) is 4.74 Å². The van der Waals surface area contributed by atoms with Crippen LogP contribution in [-0.2, 0) is 46.0 Å². The Kier molecular flexibility index (Phi) is 26.1. The summed E-state index contributed by atoms with van der Waals surface area (Å²) in [6.07, 6.45) is 10.2. The summed E-state index contributed by atoms with van der Waals surface area (Å²) in [4.78, 5) is 16.2. The van der Waals surface area contributed by atoms with Crippen LogP contribution in [0, 0.1) is 34.6 Å². The van der Waals surface area contributed by atoms with Crippen LogP contribution < -0.4 is 43.1 Å². The number of unbranched alkanes of at least 4 members (excludes halogenated alkanes) is 4. The average Bonchev–Trinajstić information content (AvgIpc) is 4.27. The molecule has 0 spiro atoms. The highest BCUT2D eigenvalue weighted by Gasteiger charge is 2.20. The first-order valence-corrected chi connectivity index (χ1v) is 27.4. The molecule has 0 amide bonds. The Morgan fingerprint density at radius 3 is 1.29 bits per heavy atom. The molecular weight excluding hydrogens is 1170 g/mol. The number of aromatic amines is 1. The Balaban J connectivity index is 0.000000257. The molecule has 0 atom stereocenters. The zero-order chi connectivity index (χ0) is 50.7. The van der Waals surface area contributed by atoms with Gasteiger partial charge in [0, 0.05) is 53.2 Å². The number of hydrogen-bond donors (Lipinski definition) is 1. The van der Waals surface area contributed by atoms with Gasteiger partial charge in [0.1, 0.15) is 17.5 Å². The van der Waals surface area contributed by atoms with E-state index in [1.54, 1.807) is 0 Å². The average molecular weight is 1250 g/mol. The van der Waals surface area contributed by atoms with Crippen LogP contribution in [0.1, 0.15) is 81.9 Å². The van der Waals surface area contributed by atoms with Crippen LogP contribution in [0.3, 0.4) is 0 Å². The lowest BCUT2D eigenvalue weighted by Gasteiger charge is -2.02. The Bertz CT molecular complexity index is 3000. The number of benzene rings is 5. The van der Waals surface area contributed by atoms with Gasteiger partial charge in [-0.3, -0.25) is 0 Å². The molecule has 1 fully saturated rings. The summed E-state index contributed by atoms with van der Waals surface area (Å²) in [5.74, 6) is 5.75. The number of nitrogens with one attached hydrogen (secondary N) is 1. The standard InChI is InChI=1S/C23H30N4.2C9H10N2.C8H8N2.C5H10Br2.C4H8O.2BrH.H2/c1-18-24(3)20-12-6-8-14-22(20)26(18)16-10-5-11-17-27-19(2)25(4)21-13-7-9-15-23(21)27;2*1-7-10-8-5-3-4-6-9(8)11(7)2;1-6-9-7-4-2-3-5-8(7)10-6;6-4-2-1-3-5-7;1-2-4-5-3-1;;;/h6-9,12-15H,5,10-11,16-17H2,1-4H3;2*3-6H,1-2H3;2-5H,1H3,(H,9,10);1-5H2;1-4H2;3*1H/q+2;;;;;;;;/p-2. The number of H-pyrrole nitrogens is 1. The number of para-hydroxylation sites is 10. The molecule has 73 heavy (non-hydrogen) atoms. The van der Waals surface area contributed by atoms with E-state index in [9.17, 15) is 0 Å². The molecule has 1 N–H and O–H groups in total. The minimum absolute atomic E-state index is 0. The molecule has 1 aliphatic rings. The molecule has 6 heterocycles. The van der Waals surface area contributed by atoms with Crippen LogP contribution in [0.2, 0.25) is 0 Å². The van der Waals surface area contributed by atoms with Crippen molar-refractivity contribution in [1.29, 1.82) is 0 Å². The summed E-state index contributed by atoms with van der Waals surface area (Å²) in [7, 11) is 8.39. The van der Waals surface area contributed by atoms with Gasteiger partial charge in [0.25, 0.3) is 11.6 Å². The maximum absolute atomic E-state index is 4.94. The number of hydrogen-bond acceptors (Lipinski definition) is 4. The Morgan fingerprint density at radius 2 is 0.890 bits per heavy atom. The summed E-state index contributed by atoms with van der Waals surface area (Å²) in [6.45, 7) is 14.6. The zero-order valence-corrected chi connectivity index (χ0v) is 50.7. The Morgan fingerprint density at radius 1 is 0.507 bits per heavy atom. The number of fused-ring (bicyclic) bond motifs is 5. The van der Waals surface area contributed by atoms with E-state index in [0.717, 1.165) is 76.5 Å². The number of rotatable bonds is 10. The van der Waals surface area contributed by atoms with E-state index >= 15 is 0 Å². The van der Waals surface area contributed by atoms with E-state index in [0.29, 0.717) is 0 Å². The van der Waals surface area contributed by atoms with E-state index < -0.39 is 0 Å². The number of aromatic nitrogens is 10. The van der Waals surface area contributed by atoms with Crippen LogP contribution in [0.25, 0.3) is 55.2 Å². The quantitative estimate of drug-likeness (QED) is 0.0881. The van der Waals surface area contributed by atoms with Crippen molar-refractivity contribution in [3.05, 3.63) is 150 Å². The highest BCUT2D eigenvalue weighted by molar-refractivity contribution is 9.09. The molecule has 394 valence electrons. The van der Waals surface area contributed by atoms with Crippen molar-refractivity contribution in [1.82, 2.24) is 38.2 Å². The minimum Gasteiger partial charge on any atom is -1.00 e. The summed E-state index contributed by atoms with van der Waals surface area (Å²) >= 11 is 6.73. The molecular formula is C58H78Br4N10O. The van der Waals surface area contributed by atoms with E-state index in [-0.39, 0.29) is 35.4 Å². The molecule has 1 aliphatic heterocycles. The Labute approximate surface area is 472 Å². The zero-order valence-electron chi connectivity index (χ0n) is 44.4. The second-order valence-corrected chi connectivity index (χ2v) is 19.7. The van der Waals surface area contributed by atoms with Crippen LogP contribution in [-0.4, -0.2) is 62.1 Å². The van der Waals surface area contributed by atoms with E-state index in [1.807, 2.05) is 95.5 Å². The first kappa shape index (κ1) is 60.9. The minimum atomic E-state index is 0. The molecule has 5 aromatic heterocycles. The first-order valence-electron chi connectivity index (χ1n) is 25.2. The summed E-state index contributed by atoms with van der Waals surface area (Å²) in [6, 6.07) is 41.7. The number of aryl methyl sites for hydroxylation is 9. The molecule has 0 radical (unpaired) electrons. The number of imidazole rings is 5. The third-order valence-electron chi connectivity index (χ3n) is 13.2. The third kappa shape index (κ3) is 16.7. The van der Waals surface area contributed by atoms with Gasteiger partial charge in [0.05, 0.1) is 60.3 Å². The molecule has 0 saturated carbocycles. The maximum atomic E-state index is 4.94. The van der Waals surface area contributed by atoms with Crippen molar-refractivity contribution < 1.29 is 49.3 Å². The van der Waals surface area contributed by atoms with Crippen LogP contribution >= 0.6 is 31.9 Å². The van der Waals surface area contributed by atoms with Gasteiger partial charge in [-0.2, -0.15) is 0 Å². The van der Waals surface area contributed by atoms with Gasteiger partial charge in [-0.1, -0.05) is 98.9 Å². The van der Waals surface area contributed by atoms with Crippen LogP contribution in [0.15, 0.2) is 121 Å². The number of ether oxygens (including phenoxy) is 1. The molecule has 10 aromatic rings. The molecule has 0 aliphatic carbocycles. The van der Waals surface area contributed by atoms with Crippen LogP contribution in [0.5, 0.6) is 0 Å². The number of alkyl halides is 2. The van der Waals surface area contributed by atoms with Gasteiger partial charge in [-0.15, -0.1) is 0 Å². The van der Waals surface area contributed by atoms with Gasteiger partial charge >= 0.3 is 0 Å². The van der Waals surface area contributed by atoms with Crippen molar-refractivity contribution >= 4 is 87.0 Å². The van der Waals surface area contributed by atoms with Gasteiger partial charge in [0.2, 0.25) is 0 Å². The lowest BCUT2D eigenvalue weighted by Crippen LogP contribution is -3.00. The fourth-order valence-electron chi connectivity index (χ4n) is 8.78. The van der Waals surface area contributed by atoms with Crippen molar-refractivity contribution in [2.75, 3.05) is 23.9 Å². The summed E-state index contributed by atoms with van der Waals surface area (Å²) in [5, 5.41) is 2.31. The predicted octanol–water partition coefficient (Wildman–Crippen LogP) is 7.36.